The van der Waals surface area contributed by atoms with Crippen LogP contribution in [-0.4, -0.2) is 0 Å². The van der Waals surface area contributed by atoms with E-state index >= 15 is 0 Å². The lowest BCUT2D eigenvalue weighted by atomic mass is 9.94. The van der Waals surface area contributed by atoms with Gasteiger partial charge in [0, 0.05) is 16.3 Å². The molecule has 1 heterocycles. The second-order valence-corrected chi connectivity index (χ2v) is 6.71. The van der Waals surface area contributed by atoms with Crippen molar-refractivity contribution in [3.8, 4) is 11.1 Å². The molecule has 120 valence electrons. The van der Waals surface area contributed by atoms with Gasteiger partial charge >= 0.3 is 0 Å². The van der Waals surface area contributed by atoms with Crippen molar-refractivity contribution in [3.05, 3.63) is 83.9 Å². The molecule has 0 bridgehead atoms. The number of hydrogen-bond acceptors (Lipinski definition) is 1. The minimum atomic E-state index is 0.953. The molecule has 0 radical (unpaired) electrons. The van der Waals surface area contributed by atoms with Gasteiger partial charge in [-0.1, -0.05) is 66.7 Å². The molecule has 0 amide bonds. The molecular formula is C24H18O. The van der Waals surface area contributed by atoms with Crippen molar-refractivity contribution in [2.24, 2.45) is 0 Å². The Morgan fingerprint density at radius 3 is 2.32 bits per heavy atom. The van der Waals surface area contributed by atoms with Gasteiger partial charge < -0.3 is 4.42 Å². The molecule has 0 aliphatic carbocycles. The average molecular weight is 322 g/mol. The zero-order chi connectivity index (χ0) is 17.0. The lowest BCUT2D eigenvalue weighted by Crippen LogP contribution is -1.87. The Hall–Kier alpha value is -3.06. The Morgan fingerprint density at radius 2 is 1.44 bits per heavy atom. The fourth-order valence-electron chi connectivity index (χ4n) is 3.90. The molecule has 0 atom stereocenters. The molecule has 0 saturated heterocycles. The lowest BCUT2D eigenvalue weighted by Gasteiger charge is -2.10. The highest BCUT2D eigenvalue weighted by Crippen LogP contribution is 2.41. The van der Waals surface area contributed by atoms with Crippen molar-refractivity contribution in [2.45, 2.75) is 13.8 Å². The largest absolute Gasteiger partial charge is 0.455 e. The van der Waals surface area contributed by atoms with E-state index in [0.717, 1.165) is 11.2 Å². The van der Waals surface area contributed by atoms with E-state index in [1.807, 2.05) is 0 Å². The van der Waals surface area contributed by atoms with Crippen LogP contribution in [0.4, 0.5) is 0 Å². The van der Waals surface area contributed by atoms with Crippen LogP contribution in [0.5, 0.6) is 0 Å². The number of hydrogen-bond donors (Lipinski definition) is 0. The Labute approximate surface area is 146 Å². The summed E-state index contributed by atoms with van der Waals surface area (Å²) in [5, 5.41) is 4.90. The first kappa shape index (κ1) is 14.3. The molecule has 0 aliphatic heterocycles. The van der Waals surface area contributed by atoms with Crippen LogP contribution in [0.2, 0.25) is 0 Å². The SMILES string of the molecule is Cc1ccccc1-c1c(C)ccc2c1oc1ccc3ccccc3c12. The fourth-order valence-corrected chi connectivity index (χ4v) is 3.90. The van der Waals surface area contributed by atoms with E-state index in [-0.39, 0.29) is 0 Å². The third-order valence-corrected chi connectivity index (χ3v) is 5.15. The topological polar surface area (TPSA) is 13.1 Å². The molecule has 0 saturated carbocycles. The lowest BCUT2D eigenvalue weighted by molar-refractivity contribution is 0.670. The zero-order valence-corrected chi connectivity index (χ0v) is 14.3. The van der Waals surface area contributed by atoms with Crippen LogP contribution in [0.25, 0.3) is 43.8 Å². The first-order valence-electron chi connectivity index (χ1n) is 8.63. The molecule has 1 nitrogen and oxygen atoms in total. The van der Waals surface area contributed by atoms with Gasteiger partial charge in [0.15, 0.2) is 0 Å². The van der Waals surface area contributed by atoms with E-state index in [1.54, 1.807) is 0 Å². The molecule has 0 fully saturated rings. The van der Waals surface area contributed by atoms with Crippen LogP contribution < -0.4 is 0 Å². The molecule has 1 heteroatoms. The van der Waals surface area contributed by atoms with Crippen LogP contribution >= 0.6 is 0 Å². The molecule has 0 aliphatic rings. The maximum Gasteiger partial charge on any atom is 0.143 e. The number of benzene rings is 4. The summed E-state index contributed by atoms with van der Waals surface area (Å²) in [6.07, 6.45) is 0. The molecule has 0 unspecified atom stereocenters. The van der Waals surface area contributed by atoms with Crippen LogP contribution in [0.3, 0.4) is 0 Å². The van der Waals surface area contributed by atoms with E-state index in [2.05, 4.69) is 86.6 Å². The van der Waals surface area contributed by atoms with Crippen LogP contribution in [0, 0.1) is 13.8 Å². The molecule has 25 heavy (non-hydrogen) atoms. The molecule has 5 rings (SSSR count). The molecule has 5 aromatic rings. The molecule has 4 aromatic carbocycles. The van der Waals surface area contributed by atoms with Crippen molar-refractivity contribution < 1.29 is 4.42 Å². The first-order valence-corrected chi connectivity index (χ1v) is 8.63. The first-order chi connectivity index (χ1) is 12.2. The normalized spacial score (nSPS) is 11.6. The van der Waals surface area contributed by atoms with Gasteiger partial charge in [0.05, 0.1) is 0 Å². The van der Waals surface area contributed by atoms with Crippen LogP contribution in [0.1, 0.15) is 11.1 Å². The van der Waals surface area contributed by atoms with E-state index in [0.29, 0.717) is 0 Å². The highest BCUT2D eigenvalue weighted by molar-refractivity contribution is 6.20. The van der Waals surface area contributed by atoms with Crippen LogP contribution in [0.15, 0.2) is 77.2 Å². The maximum atomic E-state index is 6.38. The summed E-state index contributed by atoms with van der Waals surface area (Å²) in [6, 6.07) is 25.7. The Kier molecular flexibility index (Phi) is 2.98. The van der Waals surface area contributed by atoms with Gasteiger partial charge in [-0.3, -0.25) is 0 Å². The quantitative estimate of drug-likeness (QED) is 0.323. The van der Waals surface area contributed by atoms with E-state index in [9.17, 15) is 0 Å². The third-order valence-electron chi connectivity index (χ3n) is 5.15. The Balaban J connectivity index is 1.99. The molecular weight excluding hydrogens is 304 g/mol. The second-order valence-electron chi connectivity index (χ2n) is 6.71. The standard InChI is InChI=1S/C24H18O/c1-15-7-3-5-9-18(15)22-16(2)11-13-20-23-19-10-6-4-8-17(19)12-14-21(23)25-24(20)22/h3-14H,1-2H3. The van der Waals surface area contributed by atoms with Gasteiger partial charge in [0.25, 0.3) is 0 Å². The van der Waals surface area contributed by atoms with Gasteiger partial charge in [-0.25, -0.2) is 0 Å². The van der Waals surface area contributed by atoms with E-state index in [4.69, 9.17) is 4.42 Å². The minimum Gasteiger partial charge on any atom is -0.455 e. The highest BCUT2D eigenvalue weighted by Gasteiger charge is 2.17. The van der Waals surface area contributed by atoms with Gasteiger partial charge in [-0.15, -0.1) is 0 Å². The number of rotatable bonds is 1. The minimum absolute atomic E-state index is 0.953. The molecule has 0 N–H and O–H groups in total. The summed E-state index contributed by atoms with van der Waals surface area (Å²) in [5.41, 5.74) is 6.90. The van der Waals surface area contributed by atoms with Gasteiger partial charge in [-0.2, -0.15) is 0 Å². The number of furan rings is 1. The van der Waals surface area contributed by atoms with Crippen molar-refractivity contribution in [3.63, 3.8) is 0 Å². The predicted octanol–water partition coefficient (Wildman–Crippen LogP) is 7.02. The molecule has 0 spiro atoms. The summed E-state index contributed by atoms with van der Waals surface area (Å²) in [4.78, 5) is 0. The Morgan fingerprint density at radius 1 is 0.640 bits per heavy atom. The van der Waals surface area contributed by atoms with Crippen molar-refractivity contribution in [2.75, 3.05) is 0 Å². The van der Waals surface area contributed by atoms with Crippen molar-refractivity contribution in [1.29, 1.82) is 0 Å². The summed E-state index contributed by atoms with van der Waals surface area (Å²) >= 11 is 0. The monoisotopic (exact) mass is 322 g/mol. The summed E-state index contributed by atoms with van der Waals surface area (Å²) < 4.78 is 6.38. The summed E-state index contributed by atoms with van der Waals surface area (Å²) in [7, 11) is 0. The van der Waals surface area contributed by atoms with Gasteiger partial charge in [0.1, 0.15) is 11.2 Å². The van der Waals surface area contributed by atoms with Crippen molar-refractivity contribution >= 4 is 32.7 Å². The number of aryl methyl sites for hydroxylation is 2. The zero-order valence-electron chi connectivity index (χ0n) is 14.3. The average Bonchev–Trinajstić information content (AvgIpc) is 3.01. The molecule has 1 aromatic heterocycles. The predicted molar refractivity (Wildman–Crippen MR) is 106 cm³/mol. The summed E-state index contributed by atoms with van der Waals surface area (Å²) in [6.45, 7) is 4.32. The van der Waals surface area contributed by atoms with Gasteiger partial charge in [0.2, 0.25) is 0 Å². The number of fused-ring (bicyclic) bond motifs is 5. The summed E-state index contributed by atoms with van der Waals surface area (Å²) in [5.74, 6) is 0. The maximum absolute atomic E-state index is 6.38. The van der Waals surface area contributed by atoms with Crippen LogP contribution in [-0.2, 0) is 0 Å². The smallest absolute Gasteiger partial charge is 0.143 e. The second kappa shape index (κ2) is 5.22. The third kappa shape index (κ3) is 2.02. The Bertz CT molecular complexity index is 1260. The highest BCUT2D eigenvalue weighted by atomic mass is 16.3. The fraction of sp³-hybridized carbons (Fsp3) is 0.0833. The van der Waals surface area contributed by atoms with Crippen molar-refractivity contribution in [1.82, 2.24) is 0 Å². The van der Waals surface area contributed by atoms with E-state index < -0.39 is 0 Å². The van der Waals surface area contributed by atoms with Gasteiger partial charge in [-0.05, 0) is 47.4 Å². The van der Waals surface area contributed by atoms with E-state index in [1.165, 1.54) is 43.8 Å².